The molecule has 1 aliphatic heterocycles. The number of benzene rings is 2. The van der Waals surface area contributed by atoms with E-state index < -0.39 is 0 Å². The zero-order chi connectivity index (χ0) is 21.9. The number of esters is 1. The Hall–Kier alpha value is -3.58. The molecule has 162 valence electrons. The Labute approximate surface area is 186 Å². The molecule has 0 amide bonds. The Morgan fingerprint density at radius 3 is 2.72 bits per heavy atom. The van der Waals surface area contributed by atoms with E-state index in [9.17, 15) is 4.79 Å². The number of para-hydroxylation sites is 1. The van der Waals surface area contributed by atoms with E-state index in [1.165, 1.54) is 0 Å². The molecule has 0 bridgehead atoms. The molecule has 0 N–H and O–H groups in total. The van der Waals surface area contributed by atoms with Crippen molar-refractivity contribution in [2.45, 2.75) is 33.0 Å². The first kappa shape index (κ1) is 20.3. The van der Waals surface area contributed by atoms with Gasteiger partial charge in [0.25, 0.3) is 0 Å². The standard InChI is InChI=1S/C25H25N5O2/c1-2-32-25(31)24-20-17-29(16-19-9-6-10-21-23(19)27-13-12-26-21)14-11-22(20)30(28-24)15-18-7-4-3-5-8-18/h3-10,12-13H,2,11,14-17H2,1H3. The second-order valence-corrected chi connectivity index (χ2v) is 7.94. The lowest BCUT2D eigenvalue weighted by molar-refractivity contribution is 0.0515. The highest BCUT2D eigenvalue weighted by Crippen LogP contribution is 2.26. The lowest BCUT2D eigenvalue weighted by atomic mass is 10.0. The van der Waals surface area contributed by atoms with Gasteiger partial charge >= 0.3 is 5.97 Å². The zero-order valence-corrected chi connectivity index (χ0v) is 18.1. The van der Waals surface area contributed by atoms with Crippen LogP contribution in [0.3, 0.4) is 0 Å². The molecule has 2 aromatic carbocycles. The predicted octanol–water partition coefficient (Wildman–Crippen LogP) is 3.61. The normalized spacial score (nSPS) is 13.8. The number of rotatable bonds is 6. The van der Waals surface area contributed by atoms with Crippen LogP contribution in [-0.4, -0.2) is 43.8 Å². The topological polar surface area (TPSA) is 73.1 Å². The van der Waals surface area contributed by atoms with E-state index in [-0.39, 0.29) is 5.97 Å². The quantitative estimate of drug-likeness (QED) is 0.438. The Kier molecular flexibility index (Phi) is 5.64. The zero-order valence-electron chi connectivity index (χ0n) is 18.1. The number of carbonyl (C=O) groups excluding carboxylic acids is 1. The van der Waals surface area contributed by atoms with Crippen LogP contribution in [0.5, 0.6) is 0 Å². The molecule has 32 heavy (non-hydrogen) atoms. The van der Waals surface area contributed by atoms with Crippen molar-refractivity contribution in [3.05, 3.63) is 89.0 Å². The van der Waals surface area contributed by atoms with Crippen molar-refractivity contribution in [2.75, 3.05) is 13.2 Å². The van der Waals surface area contributed by atoms with Crippen LogP contribution >= 0.6 is 0 Å². The van der Waals surface area contributed by atoms with Crippen LogP contribution in [0.25, 0.3) is 11.0 Å². The van der Waals surface area contributed by atoms with Gasteiger partial charge in [0.15, 0.2) is 5.69 Å². The molecule has 0 unspecified atom stereocenters. The van der Waals surface area contributed by atoms with Crippen molar-refractivity contribution < 1.29 is 9.53 Å². The fraction of sp³-hybridized carbons (Fsp3) is 0.280. The number of nitrogens with zero attached hydrogens (tertiary/aromatic N) is 5. The van der Waals surface area contributed by atoms with Gasteiger partial charge in [-0.2, -0.15) is 5.10 Å². The summed E-state index contributed by atoms with van der Waals surface area (Å²) in [6.07, 6.45) is 4.27. The van der Waals surface area contributed by atoms with Gasteiger partial charge in [0.1, 0.15) is 0 Å². The molecule has 4 aromatic rings. The molecule has 0 fully saturated rings. The van der Waals surface area contributed by atoms with Crippen LogP contribution < -0.4 is 0 Å². The Bertz CT molecular complexity index is 1250. The summed E-state index contributed by atoms with van der Waals surface area (Å²) in [4.78, 5) is 24.0. The van der Waals surface area contributed by atoms with Crippen molar-refractivity contribution in [1.29, 1.82) is 0 Å². The summed E-state index contributed by atoms with van der Waals surface area (Å²) >= 11 is 0. The maximum atomic E-state index is 12.7. The molecule has 0 saturated heterocycles. The summed E-state index contributed by atoms with van der Waals surface area (Å²) in [5.74, 6) is -0.353. The summed E-state index contributed by atoms with van der Waals surface area (Å²) in [5, 5.41) is 4.69. The van der Waals surface area contributed by atoms with E-state index in [1.54, 1.807) is 12.4 Å². The third-order valence-electron chi connectivity index (χ3n) is 5.83. The highest BCUT2D eigenvalue weighted by molar-refractivity contribution is 5.89. The Morgan fingerprint density at radius 2 is 1.88 bits per heavy atom. The summed E-state index contributed by atoms with van der Waals surface area (Å²) in [5.41, 5.74) is 6.62. The molecule has 1 aliphatic rings. The minimum atomic E-state index is -0.353. The van der Waals surface area contributed by atoms with Crippen LogP contribution in [0, 0.1) is 0 Å². The highest BCUT2D eigenvalue weighted by Gasteiger charge is 2.29. The average Bonchev–Trinajstić information content (AvgIpc) is 3.18. The van der Waals surface area contributed by atoms with Crippen LogP contribution in [-0.2, 0) is 30.8 Å². The van der Waals surface area contributed by atoms with Crippen LogP contribution in [0.2, 0.25) is 0 Å². The van der Waals surface area contributed by atoms with Gasteiger partial charge in [0, 0.05) is 49.7 Å². The van der Waals surface area contributed by atoms with E-state index in [4.69, 9.17) is 9.84 Å². The van der Waals surface area contributed by atoms with Gasteiger partial charge in [-0.1, -0.05) is 42.5 Å². The van der Waals surface area contributed by atoms with Crippen molar-refractivity contribution in [3.63, 3.8) is 0 Å². The van der Waals surface area contributed by atoms with Crippen molar-refractivity contribution >= 4 is 17.0 Å². The average molecular weight is 428 g/mol. The Balaban J connectivity index is 1.45. The predicted molar refractivity (Wildman–Crippen MR) is 121 cm³/mol. The number of carbonyl (C=O) groups is 1. The van der Waals surface area contributed by atoms with Gasteiger partial charge in [-0.15, -0.1) is 0 Å². The molecule has 7 heteroatoms. The Morgan fingerprint density at radius 1 is 1.03 bits per heavy atom. The molecular formula is C25H25N5O2. The van der Waals surface area contributed by atoms with Gasteiger partial charge in [0.05, 0.1) is 24.2 Å². The van der Waals surface area contributed by atoms with Gasteiger partial charge in [-0.3, -0.25) is 19.5 Å². The monoisotopic (exact) mass is 427 g/mol. The SMILES string of the molecule is CCOC(=O)c1nn(Cc2ccccc2)c2c1CN(Cc1cccc3nccnc13)CC2. The third-order valence-corrected chi connectivity index (χ3v) is 5.83. The second-order valence-electron chi connectivity index (χ2n) is 7.94. The molecule has 0 saturated carbocycles. The van der Waals surface area contributed by atoms with Gasteiger partial charge in [0.2, 0.25) is 0 Å². The van der Waals surface area contributed by atoms with Crippen molar-refractivity contribution in [3.8, 4) is 0 Å². The van der Waals surface area contributed by atoms with E-state index in [0.29, 0.717) is 25.4 Å². The fourth-order valence-electron chi connectivity index (χ4n) is 4.35. The number of fused-ring (bicyclic) bond motifs is 2. The maximum absolute atomic E-state index is 12.7. The number of aromatic nitrogens is 4. The molecule has 0 aliphatic carbocycles. The summed E-state index contributed by atoms with van der Waals surface area (Å²) in [6.45, 7) is 5.06. The molecule has 2 aromatic heterocycles. The molecule has 5 rings (SSSR count). The van der Waals surface area contributed by atoms with Gasteiger partial charge < -0.3 is 4.74 Å². The largest absolute Gasteiger partial charge is 0.461 e. The first-order chi connectivity index (χ1) is 15.7. The fourth-order valence-corrected chi connectivity index (χ4v) is 4.35. The summed E-state index contributed by atoms with van der Waals surface area (Å²) < 4.78 is 7.29. The third kappa shape index (κ3) is 3.99. The molecule has 0 atom stereocenters. The van der Waals surface area contributed by atoms with Crippen LogP contribution in [0.1, 0.15) is 39.8 Å². The first-order valence-electron chi connectivity index (χ1n) is 10.9. The van der Waals surface area contributed by atoms with E-state index in [2.05, 4.69) is 33.1 Å². The summed E-state index contributed by atoms with van der Waals surface area (Å²) in [7, 11) is 0. The molecular weight excluding hydrogens is 402 g/mol. The van der Waals surface area contributed by atoms with Crippen LogP contribution in [0.4, 0.5) is 0 Å². The summed E-state index contributed by atoms with van der Waals surface area (Å²) in [6, 6.07) is 16.3. The smallest absolute Gasteiger partial charge is 0.359 e. The lowest BCUT2D eigenvalue weighted by Gasteiger charge is -2.28. The molecule has 0 radical (unpaired) electrons. The van der Waals surface area contributed by atoms with E-state index >= 15 is 0 Å². The van der Waals surface area contributed by atoms with Gasteiger partial charge in [-0.25, -0.2) is 4.79 Å². The van der Waals surface area contributed by atoms with Crippen molar-refractivity contribution in [2.24, 2.45) is 0 Å². The first-order valence-corrected chi connectivity index (χ1v) is 10.9. The maximum Gasteiger partial charge on any atom is 0.359 e. The van der Waals surface area contributed by atoms with Gasteiger partial charge in [-0.05, 0) is 24.1 Å². The second kappa shape index (κ2) is 8.88. The number of hydrogen-bond acceptors (Lipinski definition) is 6. The van der Waals surface area contributed by atoms with Crippen molar-refractivity contribution in [1.82, 2.24) is 24.6 Å². The van der Waals surface area contributed by atoms with E-state index in [0.717, 1.165) is 52.9 Å². The highest BCUT2D eigenvalue weighted by atomic mass is 16.5. The molecule has 0 spiro atoms. The number of ether oxygens (including phenoxy) is 1. The molecule has 3 heterocycles. The minimum absolute atomic E-state index is 0.331. The molecule has 7 nitrogen and oxygen atoms in total. The van der Waals surface area contributed by atoms with E-state index in [1.807, 2.05) is 41.9 Å². The number of hydrogen-bond donors (Lipinski definition) is 0. The lowest BCUT2D eigenvalue weighted by Crippen LogP contribution is -2.31. The van der Waals surface area contributed by atoms with Crippen LogP contribution in [0.15, 0.2) is 60.9 Å². The minimum Gasteiger partial charge on any atom is -0.461 e.